The summed E-state index contributed by atoms with van der Waals surface area (Å²) in [5, 5.41) is 11.5. The molecule has 2 bridgehead atoms. The van der Waals surface area contributed by atoms with Gasteiger partial charge in [0.05, 0.1) is 19.7 Å². The number of hydrogen-bond donors (Lipinski definition) is 4. The molecule has 58 heavy (non-hydrogen) atoms. The predicted molar refractivity (Wildman–Crippen MR) is 220 cm³/mol. The molecule has 1 fully saturated rings. The van der Waals surface area contributed by atoms with Gasteiger partial charge in [-0.1, -0.05) is 38.1 Å². The molecule has 4 N–H and O–H groups in total. The molecule has 3 aromatic rings. The lowest BCUT2D eigenvalue weighted by atomic mass is 10.0. The zero-order chi connectivity index (χ0) is 42.1. The molecule has 312 valence electrons. The summed E-state index contributed by atoms with van der Waals surface area (Å²) in [6.07, 6.45) is 2.58. The number of pyridine rings is 1. The molecule has 1 aliphatic carbocycles. The number of carbonyl (C=O) groups is 5. The highest BCUT2D eigenvalue weighted by atomic mass is 16.5. The lowest BCUT2D eigenvalue weighted by Crippen LogP contribution is -2.58. The fourth-order valence-corrected chi connectivity index (χ4v) is 7.35. The minimum atomic E-state index is -1.22. The van der Waals surface area contributed by atoms with Gasteiger partial charge in [0.2, 0.25) is 23.6 Å². The van der Waals surface area contributed by atoms with E-state index in [1.807, 2.05) is 6.92 Å². The smallest absolute Gasteiger partial charge is 0.263 e. The number of carbonyl (C=O) groups excluding carboxylic acids is 5. The van der Waals surface area contributed by atoms with Crippen LogP contribution < -0.4 is 36.3 Å². The van der Waals surface area contributed by atoms with E-state index in [4.69, 9.17) is 9.47 Å². The van der Waals surface area contributed by atoms with Crippen LogP contribution in [0.5, 0.6) is 11.5 Å². The number of nitrogens with zero attached hydrogens (tertiary/aromatic N) is 2. The fourth-order valence-electron chi connectivity index (χ4n) is 7.35. The maximum absolute atomic E-state index is 14.4. The number of fused-ring (bicyclic) bond motifs is 17. The summed E-state index contributed by atoms with van der Waals surface area (Å²) in [5.41, 5.74) is 2.00. The first-order valence-corrected chi connectivity index (χ1v) is 20.2. The second-order valence-electron chi connectivity index (χ2n) is 16.0. The van der Waals surface area contributed by atoms with Crippen LogP contribution in [0.15, 0.2) is 59.4 Å². The molecule has 3 heterocycles. The molecule has 14 nitrogen and oxygen atoms in total. The summed E-state index contributed by atoms with van der Waals surface area (Å²) >= 11 is 0. The van der Waals surface area contributed by atoms with Gasteiger partial charge in [0.1, 0.15) is 41.8 Å². The Morgan fingerprint density at radius 1 is 0.948 bits per heavy atom. The summed E-state index contributed by atoms with van der Waals surface area (Å²) in [6.45, 7) is 11.7. The number of rotatable bonds is 10. The Morgan fingerprint density at radius 2 is 1.64 bits per heavy atom. The van der Waals surface area contributed by atoms with Crippen molar-refractivity contribution in [1.82, 2.24) is 30.7 Å². The third kappa shape index (κ3) is 11.7. The Balaban J connectivity index is 1.52. The van der Waals surface area contributed by atoms with E-state index in [2.05, 4.69) is 35.1 Å². The van der Waals surface area contributed by atoms with E-state index in [1.54, 1.807) is 82.5 Å². The number of benzene rings is 2. The molecule has 2 aromatic carbocycles. The fraction of sp³-hybridized carbons (Fsp3) is 0.500. The minimum absolute atomic E-state index is 0.0126. The first-order chi connectivity index (χ1) is 27.6. The number of aryl methyl sites for hydroxylation is 2. The first-order valence-electron chi connectivity index (χ1n) is 20.2. The van der Waals surface area contributed by atoms with Crippen molar-refractivity contribution in [3.8, 4) is 11.5 Å². The number of ether oxygens (including phenoxy) is 2. The van der Waals surface area contributed by atoms with Crippen LogP contribution in [0, 0.1) is 25.7 Å². The van der Waals surface area contributed by atoms with Gasteiger partial charge >= 0.3 is 0 Å². The van der Waals surface area contributed by atoms with Crippen LogP contribution in [-0.4, -0.2) is 90.0 Å². The van der Waals surface area contributed by atoms with Gasteiger partial charge < -0.3 is 40.2 Å². The van der Waals surface area contributed by atoms with Crippen LogP contribution >= 0.6 is 0 Å². The number of amides is 5. The molecule has 6 rings (SSSR count). The van der Waals surface area contributed by atoms with Crippen molar-refractivity contribution in [2.75, 3.05) is 26.8 Å². The van der Waals surface area contributed by atoms with Crippen LogP contribution in [0.4, 0.5) is 0 Å². The van der Waals surface area contributed by atoms with Gasteiger partial charge in [0, 0.05) is 31.6 Å². The van der Waals surface area contributed by atoms with Gasteiger partial charge in [-0.3, -0.25) is 28.8 Å². The Hall–Kier alpha value is -5.66. The Kier molecular flexibility index (Phi) is 14.7. The van der Waals surface area contributed by atoms with Gasteiger partial charge in [0.25, 0.3) is 11.5 Å². The summed E-state index contributed by atoms with van der Waals surface area (Å²) in [5.74, 6) is -1.09. The predicted octanol–water partition coefficient (Wildman–Crippen LogP) is 3.23. The minimum Gasteiger partial charge on any atom is -0.497 e. The Labute approximate surface area is 340 Å². The van der Waals surface area contributed by atoms with Crippen molar-refractivity contribution in [2.45, 2.75) is 104 Å². The van der Waals surface area contributed by atoms with Crippen molar-refractivity contribution in [3.05, 3.63) is 92.9 Å². The molecule has 4 atom stereocenters. The standard InChI is InChI=1S/C44H58N6O8/c1-8-50-28(5)20-27(4)39(44(50)56)42(54)48-37-22-31-13-17-35(18-14-31)58-25-33(19-26(2)3)46-38(51)24-49(23-32-9-10-32)43(55)29(6)45-40(52)36(47-41(37)53)21-30-11-15-34(57-7)16-12-30/h11-18,20,26,29,32-33,36-37H,8-10,19,21-25H2,1-7H3,(H,45,52)(H,46,51)(H,47,53)(H,48,54)/t29-,33+,36+,37+/m1/s1. The molecule has 1 saturated carbocycles. The van der Waals surface area contributed by atoms with E-state index in [9.17, 15) is 28.8 Å². The molecule has 0 unspecified atom stereocenters. The highest BCUT2D eigenvalue weighted by molar-refractivity contribution is 5.99. The monoisotopic (exact) mass is 798 g/mol. The summed E-state index contributed by atoms with van der Waals surface area (Å²) in [7, 11) is 1.54. The molecule has 1 aromatic heterocycles. The topological polar surface area (TPSA) is 177 Å². The van der Waals surface area contributed by atoms with E-state index in [-0.39, 0.29) is 55.3 Å². The molecule has 0 radical (unpaired) electrons. The summed E-state index contributed by atoms with van der Waals surface area (Å²) < 4.78 is 12.9. The number of nitrogens with one attached hydrogen (secondary N) is 4. The van der Waals surface area contributed by atoms with Gasteiger partial charge in [-0.2, -0.15) is 0 Å². The highest BCUT2D eigenvalue weighted by Gasteiger charge is 2.34. The quantitative estimate of drug-likeness (QED) is 0.226. The maximum Gasteiger partial charge on any atom is 0.263 e. The van der Waals surface area contributed by atoms with Gasteiger partial charge in [-0.25, -0.2) is 0 Å². The van der Waals surface area contributed by atoms with Crippen LogP contribution in [0.1, 0.15) is 79.7 Å². The van der Waals surface area contributed by atoms with Crippen molar-refractivity contribution >= 4 is 29.5 Å². The largest absolute Gasteiger partial charge is 0.497 e. The molecular formula is C44H58N6O8. The second kappa shape index (κ2) is 19.7. The highest BCUT2D eigenvalue weighted by Crippen LogP contribution is 2.30. The van der Waals surface area contributed by atoms with Gasteiger partial charge in [-0.15, -0.1) is 0 Å². The Bertz CT molecular complexity index is 2010. The maximum atomic E-state index is 14.4. The van der Waals surface area contributed by atoms with Crippen molar-refractivity contribution in [2.24, 2.45) is 11.8 Å². The van der Waals surface area contributed by atoms with Crippen LogP contribution in [-0.2, 0) is 38.6 Å². The van der Waals surface area contributed by atoms with E-state index >= 15 is 0 Å². The summed E-state index contributed by atoms with van der Waals surface area (Å²) in [4.78, 5) is 84.9. The molecule has 5 amide bonds. The van der Waals surface area contributed by atoms with Crippen LogP contribution in [0.3, 0.4) is 0 Å². The SMILES string of the molecule is CCn1c(C)cc(C)c(C(=O)N[C@H]2Cc3ccc(cc3)OC[C@H](CC(C)C)NC(=O)CN(CC3CC3)C(=O)[C@@H](C)NC(=O)[C@H](Cc3ccc(OC)cc3)NC2=O)c1=O. The number of hydrogen-bond acceptors (Lipinski definition) is 8. The van der Waals surface area contributed by atoms with Crippen LogP contribution in [0.2, 0.25) is 0 Å². The second-order valence-corrected chi connectivity index (χ2v) is 16.0. The molecular weight excluding hydrogens is 741 g/mol. The average molecular weight is 799 g/mol. The average Bonchev–Trinajstić information content (AvgIpc) is 4.00. The first kappa shape index (κ1) is 43.5. The normalized spacial score (nSPS) is 21.1. The van der Waals surface area contributed by atoms with E-state index < -0.39 is 47.3 Å². The molecule has 2 aliphatic heterocycles. The van der Waals surface area contributed by atoms with Crippen molar-refractivity contribution in [3.63, 3.8) is 0 Å². The lowest BCUT2D eigenvalue weighted by molar-refractivity contribution is -0.140. The molecule has 3 aliphatic rings. The third-order valence-corrected chi connectivity index (χ3v) is 10.6. The van der Waals surface area contributed by atoms with E-state index in [0.717, 1.165) is 12.8 Å². The van der Waals surface area contributed by atoms with Gasteiger partial charge in [-0.05, 0) is 106 Å². The number of aromatic nitrogens is 1. The molecule has 0 saturated heterocycles. The zero-order valence-electron chi connectivity index (χ0n) is 34.7. The van der Waals surface area contributed by atoms with Gasteiger partial charge in [0.15, 0.2) is 0 Å². The van der Waals surface area contributed by atoms with Crippen LogP contribution in [0.25, 0.3) is 0 Å². The van der Waals surface area contributed by atoms with Crippen molar-refractivity contribution < 1.29 is 33.4 Å². The zero-order valence-corrected chi connectivity index (χ0v) is 34.7. The molecule has 0 spiro atoms. The number of methoxy groups -OCH3 is 1. The third-order valence-electron chi connectivity index (χ3n) is 10.6. The van der Waals surface area contributed by atoms with E-state index in [0.29, 0.717) is 53.4 Å². The summed E-state index contributed by atoms with van der Waals surface area (Å²) in [6, 6.07) is 12.1. The van der Waals surface area contributed by atoms with E-state index in [1.165, 1.54) is 9.47 Å². The lowest BCUT2D eigenvalue weighted by Gasteiger charge is -2.29. The van der Waals surface area contributed by atoms with Crippen molar-refractivity contribution in [1.29, 1.82) is 0 Å². The molecule has 14 heteroatoms. The Morgan fingerprint density at radius 3 is 2.26 bits per heavy atom.